The van der Waals surface area contributed by atoms with Crippen molar-refractivity contribution in [2.45, 2.75) is 46.0 Å². The van der Waals surface area contributed by atoms with Gasteiger partial charge < -0.3 is 10.4 Å². The van der Waals surface area contributed by atoms with Gasteiger partial charge in [0.25, 0.3) is 0 Å². The minimum Gasteiger partial charge on any atom is -0.390 e. The highest BCUT2D eigenvalue weighted by Crippen LogP contribution is 2.24. The summed E-state index contributed by atoms with van der Waals surface area (Å²) < 4.78 is 1.94. The summed E-state index contributed by atoms with van der Waals surface area (Å²) in [5.74, 6) is 0. The zero-order valence-electron chi connectivity index (χ0n) is 8.96. The van der Waals surface area contributed by atoms with Gasteiger partial charge in [-0.1, -0.05) is 0 Å². The van der Waals surface area contributed by atoms with Crippen molar-refractivity contribution in [1.82, 2.24) is 15.1 Å². The molecule has 1 aromatic heterocycles. The number of hydrogen-bond donors (Lipinski definition) is 2. The van der Waals surface area contributed by atoms with Crippen LogP contribution in [0, 0.1) is 0 Å². The van der Waals surface area contributed by atoms with Gasteiger partial charge in [0.15, 0.2) is 0 Å². The molecule has 2 heterocycles. The van der Waals surface area contributed by atoms with Gasteiger partial charge in [-0.3, -0.25) is 4.68 Å². The molecular weight excluding hydrogens is 178 g/mol. The van der Waals surface area contributed by atoms with Gasteiger partial charge in [-0.25, -0.2) is 0 Å². The van der Waals surface area contributed by atoms with Gasteiger partial charge in [-0.2, -0.15) is 5.10 Å². The van der Waals surface area contributed by atoms with E-state index in [0.717, 1.165) is 24.5 Å². The molecule has 4 nitrogen and oxygen atoms in total. The second kappa shape index (κ2) is 3.07. The van der Waals surface area contributed by atoms with E-state index < -0.39 is 0 Å². The second-order valence-electron chi connectivity index (χ2n) is 4.72. The number of aliphatic hydroxyl groups excluding tert-OH is 1. The largest absolute Gasteiger partial charge is 0.390 e. The summed E-state index contributed by atoms with van der Waals surface area (Å²) in [7, 11) is 0. The molecule has 0 aromatic carbocycles. The van der Waals surface area contributed by atoms with E-state index >= 15 is 0 Å². The van der Waals surface area contributed by atoms with Crippen molar-refractivity contribution in [2.75, 3.05) is 0 Å². The third-order valence-corrected chi connectivity index (χ3v) is 2.55. The number of aliphatic hydroxyl groups is 1. The van der Waals surface area contributed by atoms with Crippen LogP contribution in [-0.4, -0.2) is 14.9 Å². The average molecular weight is 195 g/mol. The Balaban J connectivity index is 2.52. The van der Waals surface area contributed by atoms with E-state index in [1.54, 1.807) is 0 Å². The van der Waals surface area contributed by atoms with Gasteiger partial charge in [0.2, 0.25) is 0 Å². The molecule has 0 atom stereocenters. The minimum atomic E-state index is -0.0532. The average Bonchev–Trinajstić information content (AvgIpc) is 2.58. The van der Waals surface area contributed by atoms with Crippen LogP contribution in [0.1, 0.15) is 37.7 Å². The molecule has 0 aliphatic carbocycles. The molecule has 0 spiro atoms. The van der Waals surface area contributed by atoms with Crippen molar-refractivity contribution in [3.8, 4) is 0 Å². The smallest absolute Gasteiger partial charge is 0.0853 e. The molecule has 2 N–H and O–H groups in total. The van der Waals surface area contributed by atoms with E-state index in [0.29, 0.717) is 0 Å². The number of rotatable bonds is 1. The highest BCUT2D eigenvalue weighted by molar-refractivity contribution is 5.29. The first-order valence-corrected chi connectivity index (χ1v) is 4.95. The molecule has 1 aromatic rings. The summed E-state index contributed by atoms with van der Waals surface area (Å²) in [5, 5.41) is 17.1. The Morgan fingerprint density at radius 3 is 2.71 bits per heavy atom. The predicted octanol–water partition coefficient (Wildman–Crippen LogP) is 0.734. The summed E-state index contributed by atoms with van der Waals surface area (Å²) >= 11 is 0. The molecule has 2 rings (SSSR count). The highest BCUT2D eigenvalue weighted by Gasteiger charge is 2.26. The molecule has 1 aliphatic rings. The van der Waals surface area contributed by atoms with Crippen LogP contribution in [0.5, 0.6) is 0 Å². The van der Waals surface area contributed by atoms with Crippen LogP contribution < -0.4 is 5.32 Å². The highest BCUT2D eigenvalue weighted by atomic mass is 16.3. The summed E-state index contributed by atoms with van der Waals surface area (Å²) in [4.78, 5) is 0. The fourth-order valence-electron chi connectivity index (χ4n) is 1.91. The molecule has 4 heteroatoms. The molecule has 0 amide bonds. The fourth-order valence-corrected chi connectivity index (χ4v) is 1.91. The Bertz CT molecular complexity index is 349. The molecular formula is C10H17N3O. The summed E-state index contributed by atoms with van der Waals surface area (Å²) in [5.41, 5.74) is 3.17. The predicted molar refractivity (Wildman–Crippen MR) is 53.7 cm³/mol. The van der Waals surface area contributed by atoms with Crippen molar-refractivity contribution in [3.63, 3.8) is 0 Å². The van der Waals surface area contributed by atoms with Crippen LogP contribution in [-0.2, 0) is 25.2 Å². The Hall–Kier alpha value is -0.870. The maximum absolute atomic E-state index is 9.35. The van der Waals surface area contributed by atoms with Gasteiger partial charge in [0.1, 0.15) is 0 Å². The van der Waals surface area contributed by atoms with Gasteiger partial charge in [-0.15, -0.1) is 0 Å². The Labute approximate surface area is 83.9 Å². The van der Waals surface area contributed by atoms with E-state index in [-0.39, 0.29) is 12.1 Å². The first-order valence-electron chi connectivity index (χ1n) is 4.95. The van der Waals surface area contributed by atoms with Gasteiger partial charge in [-0.05, 0) is 20.8 Å². The van der Waals surface area contributed by atoms with Gasteiger partial charge in [0.05, 0.1) is 23.5 Å². The van der Waals surface area contributed by atoms with Crippen molar-refractivity contribution in [2.24, 2.45) is 0 Å². The fraction of sp³-hybridized carbons (Fsp3) is 0.700. The lowest BCUT2D eigenvalue weighted by atomic mass is 10.1. The lowest BCUT2D eigenvalue weighted by Gasteiger charge is -2.22. The van der Waals surface area contributed by atoms with Crippen LogP contribution in [0.25, 0.3) is 0 Å². The molecule has 0 saturated heterocycles. The molecule has 0 fully saturated rings. The number of hydrogen-bond acceptors (Lipinski definition) is 3. The standard InChI is InChI=1S/C10H17N3O/c1-10(2,3)13-9(6-14)7-4-11-5-8(7)12-13/h11,14H,4-6H2,1-3H3. The molecule has 0 saturated carbocycles. The Kier molecular flexibility index (Phi) is 2.12. The molecule has 0 radical (unpaired) electrons. The SMILES string of the molecule is CC(C)(C)n1nc2c(c1CO)CNC2. The first-order chi connectivity index (χ1) is 6.54. The molecule has 78 valence electrons. The maximum atomic E-state index is 9.35. The summed E-state index contributed by atoms with van der Waals surface area (Å²) in [6.45, 7) is 8.03. The van der Waals surface area contributed by atoms with Crippen LogP contribution in [0.2, 0.25) is 0 Å². The monoisotopic (exact) mass is 195 g/mol. The molecule has 0 unspecified atom stereocenters. The van der Waals surface area contributed by atoms with E-state index in [4.69, 9.17) is 0 Å². The Morgan fingerprint density at radius 1 is 1.43 bits per heavy atom. The first kappa shape index (κ1) is 9.68. The zero-order valence-corrected chi connectivity index (χ0v) is 8.96. The van der Waals surface area contributed by atoms with Crippen LogP contribution in [0.3, 0.4) is 0 Å². The van der Waals surface area contributed by atoms with Crippen molar-refractivity contribution >= 4 is 0 Å². The number of fused-ring (bicyclic) bond motifs is 1. The quantitative estimate of drug-likeness (QED) is 0.694. The van der Waals surface area contributed by atoms with E-state index in [9.17, 15) is 5.11 Å². The van der Waals surface area contributed by atoms with E-state index in [1.165, 1.54) is 5.56 Å². The lowest BCUT2D eigenvalue weighted by molar-refractivity contribution is 0.244. The normalized spacial score (nSPS) is 16.0. The number of nitrogens with zero attached hydrogens (tertiary/aromatic N) is 2. The van der Waals surface area contributed by atoms with Gasteiger partial charge >= 0.3 is 0 Å². The van der Waals surface area contributed by atoms with E-state index in [1.807, 2.05) is 4.68 Å². The van der Waals surface area contributed by atoms with Crippen LogP contribution >= 0.6 is 0 Å². The minimum absolute atomic E-state index is 0.0532. The van der Waals surface area contributed by atoms with Gasteiger partial charge in [0, 0.05) is 18.7 Å². The third-order valence-electron chi connectivity index (χ3n) is 2.55. The molecule has 0 bridgehead atoms. The van der Waals surface area contributed by atoms with Crippen molar-refractivity contribution in [3.05, 3.63) is 17.0 Å². The summed E-state index contributed by atoms with van der Waals surface area (Å²) in [6, 6.07) is 0. The number of nitrogens with one attached hydrogen (secondary N) is 1. The third kappa shape index (κ3) is 1.35. The molecule has 14 heavy (non-hydrogen) atoms. The van der Waals surface area contributed by atoms with Crippen LogP contribution in [0.4, 0.5) is 0 Å². The maximum Gasteiger partial charge on any atom is 0.0853 e. The second-order valence-corrected chi connectivity index (χ2v) is 4.72. The topological polar surface area (TPSA) is 50.1 Å². The van der Waals surface area contributed by atoms with Crippen LogP contribution in [0.15, 0.2) is 0 Å². The number of aromatic nitrogens is 2. The molecule has 1 aliphatic heterocycles. The summed E-state index contributed by atoms with van der Waals surface area (Å²) in [6.07, 6.45) is 0. The lowest BCUT2D eigenvalue weighted by Crippen LogP contribution is -2.26. The zero-order chi connectivity index (χ0) is 10.3. The Morgan fingerprint density at radius 2 is 2.14 bits per heavy atom. The van der Waals surface area contributed by atoms with E-state index in [2.05, 4.69) is 31.2 Å². The van der Waals surface area contributed by atoms with Crippen molar-refractivity contribution < 1.29 is 5.11 Å². The van der Waals surface area contributed by atoms with Crippen molar-refractivity contribution in [1.29, 1.82) is 0 Å².